The third-order valence-electron chi connectivity index (χ3n) is 2.43. The first-order valence-electron chi connectivity index (χ1n) is 5.95. The van der Waals surface area contributed by atoms with Crippen LogP contribution in [0.3, 0.4) is 0 Å². The second-order valence-corrected chi connectivity index (χ2v) is 3.92. The predicted octanol–water partition coefficient (Wildman–Crippen LogP) is 2.72. The van der Waals surface area contributed by atoms with Crippen LogP contribution in [0.25, 0.3) is 0 Å². The van der Waals surface area contributed by atoms with E-state index in [1.54, 1.807) is 0 Å². The molecule has 2 rings (SSSR count). The number of hydrogen-bond acceptors (Lipinski definition) is 5. The molecule has 0 radical (unpaired) electrons. The molecular weight excluding hydrogens is 274 g/mol. The van der Waals surface area contributed by atoms with E-state index in [2.05, 4.69) is 10.5 Å². The molecule has 0 spiro atoms. The molecular formula is C14H11N3O4. The minimum atomic E-state index is -0.781. The van der Waals surface area contributed by atoms with E-state index < -0.39 is 11.0 Å². The molecule has 0 atom stereocenters. The Kier molecular flexibility index (Phi) is 4.60. The van der Waals surface area contributed by atoms with E-state index in [0.717, 1.165) is 5.56 Å². The topological polar surface area (TPSA) is 93.8 Å². The molecule has 1 N–H and O–H groups in total. The molecule has 0 unspecified atom stereocenters. The molecule has 7 heteroatoms. The number of nitro groups is 1. The van der Waals surface area contributed by atoms with Crippen molar-refractivity contribution in [3.05, 3.63) is 70.3 Å². The van der Waals surface area contributed by atoms with Crippen LogP contribution < -0.4 is 10.2 Å². The Morgan fingerprint density at radius 3 is 2.43 bits per heavy atom. The van der Waals surface area contributed by atoms with Gasteiger partial charge >= 0.3 is 6.09 Å². The summed E-state index contributed by atoms with van der Waals surface area (Å²) in [5.41, 5.74) is 2.94. The van der Waals surface area contributed by atoms with E-state index in [0.29, 0.717) is 0 Å². The zero-order valence-electron chi connectivity index (χ0n) is 10.8. The molecule has 0 fully saturated rings. The van der Waals surface area contributed by atoms with Crippen LogP contribution in [0.4, 0.5) is 10.5 Å². The third-order valence-corrected chi connectivity index (χ3v) is 2.43. The average Bonchev–Trinajstić information content (AvgIpc) is 2.49. The van der Waals surface area contributed by atoms with Crippen LogP contribution in [0.15, 0.2) is 59.7 Å². The van der Waals surface area contributed by atoms with Crippen molar-refractivity contribution in [3.63, 3.8) is 0 Å². The van der Waals surface area contributed by atoms with Gasteiger partial charge in [-0.2, -0.15) is 5.10 Å². The number of nitrogens with zero attached hydrogens (tertiary/aromatic N) is 2. The van der Waals surface area contributed by atoms with Gasteiger partial charge in [0.15, 0.2) is 0 Å². The highest BCUT2D eigenvalue weighted by Crippen LogP contribution is 2.17. The summed E-state index contributed by atoms with van der Waals surface area (Å²) in [6.07, 6.45) is 0.688. The van der Waals surface area contributed by atoms with Crippen LogP contribution >= 0.6 is 0 Å². The van der Waals surface area contributed by atoms with Crippen molar-refractivity contribution < 1.29 is 14.5 Å². The van der Waals surface area contributed by atoms with E-state index in [4.69, 9.17) is 4.74 Å². The first-order valence-corrected chi connectivity index (χ1v) is 5.95. The predicted molar refractivity (Wildman–Crippen MR) is 76.3 cm³/mol. The summed E-state index contributed by atoms with van der Waals surface area (Å²) in [6, 6.07) is 14.4. The number of amides is 1. The molecule has 21 heavy (non-hydrogen) atoms. The second kappa shape index (κ2) is 6.80. The standard InChI is InChI=1S/C14H11N3O4/c18-14(16-15-10-11-4-2-1-3-5-11)21-13-8-6-12(7-9-13)17(19)20/h1-10H,(H,16,18)/b15-10-. The van der Waals surface area contributed by atoms with E-state index >= 15 is 0 Å². The van der Waals surface area contributed by atoms with Gasteiger partial charge < -0.3 is 4.74 Å². The largest absolute Gasteiger partial charge is 0.433 e. The van der Waals surface area contributed by atoms with Crippen molar-refractivity contribution in [1.82, 2.24) is 5.43 Å². The highest BCUT2D eigenvalue weighted by atomic mass is 16.6. The number of nitro benzene ring substituents is 1. The summed E-state index contributed by atoms with van der Waals surface area (Å²) in [5, 5.41) is 14.2. The van der Waals surface area contributed by atoms with E-state index in [1.807, 2.05) is 30.3 Å². The van der Waals surface area contributed by atoms with Gasteiger partial charge in [-0.25, -0.2) is 10.2 Å². The number of non-ortho nitro benzene ring substituents is 1. The first kappa shape index (κ1) is 14.2. The lowest BCUT2D eigenvalue weighted by Crippen LogP contribution is -2.21. The van der Waals surface area contributed by atoms with Crippen molar-refractivity contribution >= 4 is 18.0 Å². The van der Waals surface area contributed by atoms with Gasteiger partial charge in [-0.05, 0) is 17.7 Å². The van der Waals surface area contributed by atoms with Crippen LogP contribution in [-0.4, -0.2) is 17.2 Å². The van der Waals surface area contributed by atoms with Crippen molar-refractivity contribution in [2.24, 2.45) is 5.10 Å². The van der Waals surface area contributed by atoms with E-state index in [-0.39, 0.29) is 11.4 Å². The zero-order valence-corrected chi connectivity index (χ0v) is 10.8. The Balaban J connectivity index is 1.87. The Morgan fingerprint density at radius 1 is 1.14 bits per heavy atom. The molecule has 0 aliphatic carbocycles. The molecule has 7 nitrogen and oxygen atoms in total. The summed E-state index contributed by atoms with van der Waals surface area (Å²) in [6.45, 7) is 0. The molecule has 0 aliphatic heterocycles. The maximum absolute atomic E-state index is 11.4. The minimum Gasteiger partial charge on any atom is -0.409 e. The summed E-state index contributed by atoms with van der Waals surface area (Å²) >= 11 is 0. The molecule has 2 aromatic carbocycles. The van der Waals surface area contributed by atoms with Crippen molar-refractivity contribution in [1.29, 1.82) is 0 Å². The molecule has 106 valence electrons. The smallest absolute Gasteiger partial charge is 0.409 e. The molecule has 0 saturated carbocycles. The zero-order chi connectivity index (χ0) is 15.1. The highest BCUT2D eigenvalue weighted by molar-refractivity contribution is 5.81. The van der Waals surface area contributed by atoms with Crippen LogP contribution in [-0.2, 0) is 0 Å². The maximum atomic E-state index is 11.4. The van der Waals surface area contributed by atoms with Gasteiger partial charge in [0.1, 0.15) is 5.75 Å². The van der Waals surface area contributed by atoms with E-state index in [9.17, 15) is 14.9 Å². The number of hydrogen-bond donors (Lipinski definition) is 1. The number of benzene rings is 2. The van der Waals surface area contributed by atoms with Crippen LogP contribution in [0.2, 0.25) is 0 Å². The molecule has 0 bridgehead atoms. The monoisotopic (exact) mass is 285 g/mol. The third kappa shape index (κ3) is 4.43. The van der Waals surface area contributed by atoms with Gasteiger partial charge in [0.2, 0.25) is 0 Å². The highest BCUT2D eigenvalue weighted by Gasteiger charge is 2.07. The summed E-state index contributed by atoms with van der Waals surface area (Å²) in [4.78, 5) is 21.4. The van der Waals surface area contributed by atoms with Gasteiger partial charge in [-0.3, -0.25) is 10.1 Å². The Labute approximate surface area is 120 Å². The van der Waals surface area contributed by atoms with Gasteiger partial charge in [0.05, 0.1) is 11.1 Å². The van der Waals surface area contributed by atoms with Crippen molar-refractivity contribution in [2.45, 2.75) is 0 Å². The number of rotatable bonds is 4. The van der Waals surface area contributed by atoms with Crippen molar-refractivity contribution in [3.8, 4) is 5.75 Å². The van der Waals surface area contributed by atoms with Gasteiger partial charge in [-0.15, -0.1) is 0 Å². The van der Waals surface area contributed by atoms with Crippen LogP contribution in [0.1, 0.15) is 5.56 Å². The van der Waals surface area contributed by atoms with Crippen molar-refractivity contribution in [2.75, 3.05) is 0 Å². The maximum Gasteiger partial charge on any atom is 0.433 e. The number of nitrogens with one attached hydrogen (secondary N) is 1. The SMILES string of the molecule is O=C(N/N=C\c1ccccc1)Oc1ccc([N+](=O)[O-])cc1. The van der Waals surface area contributed by atoms with Gasteiger partial charge in [-0.1, -0.05) is 30.3 Å². The van der Waals surface area contributed by atoms with E-state index in [1.165, 1.54) is 30.5 Å². The minimum absolute atomic E-state index is 0.0788. The number of hydrazone groups is 1. The normalized spacial score (nSPS) is 10.3. The quantitative estimate of drug-likeness (QED) is 0.531. The van der Waals surface area contributed by atoms with Gasteiger partial charge in [0.25, 0.3) is 5.69 Å². The fraction of sp³-hybridized carbons (Fsp3) is 0. The molecule has 0 aromatic heterocycles. The van der Waals surface area contributed by atoms with Crippen LogP contribution in [0, 0.1) is 10.1 Å². The summed E-state index contributed by atoms with van der Waals surface area (Å²) in [5.74, 6) is 0.188. The summed E-state index contributed by atoms with van der Waals surface area (Å²) < 4.78 is 4.90. The second-order valence-electron chi connectivity index (χ2n) is 3.92. The molecule has 2 aromatic rings. The fourth-order valence-electron chi connectivity index (χ4n) is 1.46. The van der Waals surface area contributed by atoms with Crippen LogP contribution in [0.5, 0.6) is 5.75 Å². The molecule has 0 heterocycles. The number of carbonyl (C=O) groups excluding carboxylic acids is 1. The average molecular weight is 285 g/mol. The van der Waals surface area contributed by atoms with Gasteiger partial charge in [0, 0.05) is 12.1 Å². The lowest BCUT2D eigenvalue weighted by molar-refractivity contribution is -0.384. The lowest BCUT2D eigenvalue weighted by Gasteiger charge is -2.02. The molecule has 0 aliphatic rings. The fourth-order valence-corrected chi connectivity index (χ4v) is 1.46. The number of carbonyl (C=O) groups is 1. The Morgan fingerprint density at radius 2 is 1.81 bits per heavy atom. The first-order chi connectivity index (χ1) is 10.1. The Hall–Kier alpha value is -3.22. The molecule has 0 saturated heterocycles. The summed E-state index contributed by atoms with van der Waals surface area (Å²) in [7, 11) is 0. The molecule has 1 amide bonds. The number of ether oxygens (including phenoxy) is 1. The lowest BCUT2D eigenvalue weighted by atomic mass is 10.2. The Bertz CT molecular complexity index is 654.